The number of hydrogen-bond donors (Lipinski definition) is 2. The molecule has 0 amide bonds. The average Bonchev–Trinajstić information content (AvgIpc) is 4.10. The molecule has 4 aliphatic rings. The molecular formula is C46H46N8S4. The Hall–Kier alpha value is -4.30. The number of nitrogens with zero attached hydrogens (tertiary/aromatic N) is 6. The zero-order chi connectivity index (χ0) is 38.4. The second kappa shape index (κ2) is 16.0. The second-order valence-corrected chi connectivity index (χ2v) is 19.9. The molecule has 2 N–H and O–H groups in total. The van der Waals surface area contributed by atoms with Gasteiger partial charge in [-0.1, -0.05) is 18.9 Å². The first-order valence-electron chi connectivity index (χ1n) is 20.9. The van der Waals surface area contributed by atoms with Crippen LogP contribution in [0.25, 0.3) is 46.4 Å². The van der Waals surface area contributed by atoms with Crippen molar-refractivity contribution >= 4 is 115 Å². The number of benzene rings is 2. The lowest BCUT2D eigenvalue weighted by Gasteiger charge is -2.44. The predicted octanol–water partition coefficient (Wildman–Crippen LogP) is 12.7. The maximum atomic E-state index is 4.70. The molecule has 2 aromatic carbocycles. The van der Waals surface area contributed by atoms with E-state index in [-0.39, 0.29) is 0 Å². The van der Waals surface area contributed by atoms with Gasteiger partial charge in [-0.15, -0.1) is 45.3 Å². The third-order valence-corrected chi connectivity index (χ3v) is 16.5. The van der Waals surface area contributed by atoms with Crippen molar-refractivity contribution < 1.29 is 0 Å². The highest BCUT2D eigenvalue weighted by Gasteiger charge is 2.35. The Balaban J connectivity index is 0.000000133. The molecule has 3 fully saturated rings. The van der Waals surface area contributed by atoms with Gasteiger partial charge in [0.1, 0.15) is 9.66 Å². The molecule has 12 rings (SSSR count). The van der Waals surface area contributed by atoms with Gasteiger partial charge in [-0.05, 0) is 131 Å². The van der Waals surface area contributed by atoms with E-state index in [9.17, 15) is 0 Å². The van der Waals surface area contributed by atoms with Crippen LogP contribution in [0.4, 0.5) is 22.7 Å². The largest absolute Gasteiger partial charge is 0.355 e. The number of anilines is 4. The number of pyridine rings is 2. The van der Waals surface area contributed by atoms with E-state index in [1.54, 1.807) is 22.7 Å². The van der Waals surface area contributed by atoms with Crippen molar-refractivity contribution in [3.63, 3.8) is 0 Å². The lowest BCUT2D eigenvalue weighted by atomic mass is 9.82. The van der Waals surface area contributed by atoms with Gasteiger partial charge in [-0.2, -0.15) is 0 Å². The lowest BCUT2D eigenvalue weighted by Crippen LogP contribution is -2.46. The van der Waals surface area contributed by atoms with E-state index in [1.165, 1.54) is 113 Å². The molecule has 6 aromatic heterocycles. The topological polar surface area (TPSA) is 82.1 Å². The minimum absolute atomic E-state index is 0.592. The Morgan fingerprint density at radius 3 is 1.98 bits per heavy atom. The third kappa shape index (κ3) is 7.22. The van der Waals surface area contributed by atoms with Crippen LogP contribution < -0.4 is 10.6 Å². The molecule has 10 heterocycles. The van der Waals surface area contributed by atoms with Gasteiger partial charge >= 0.3 is 0 Å². The van der Waals surface area contributed by atoms with Gasteiger partial charge < -0.3 is 10.6 Å². The van der Waals surface area contributed by atoms with Crippen molar-refractivity contribution in [1.82, 2.24) is 29.7 Å². The molecular weight excluding hydrogens is 793 g/mol. The summed E-state index contributed by atoms with van der Waals surface area (Å²) in [7, 11) is 0. The summed E-state index contributed by atoms with van der Waals surface area (Å²) in [6.45, 7) is 5.03. The van der Waals surface area contributed by atoms with Crippen LogP contribution >= 0.6 is 45.3 Å². The van der Waals surface area contributed by atoms with Crippen molar-refractivity contribution in [2.75, 3.05) is 36.8 Å². The van der Waals surface area contributed by atoms with Crippen molar-refractivity contribution in [2.45, 2.75) is 75.8 Å². The zero-order valence-corrected chi connectivity index (χ0v) is 35.7. The zero-order valence-electron chi connectivity index (χ0n) is 32.4. The van der Waals surface area contributed by atoms with Gasteiger partial charge in [0.2, 0.25) is 0 Å². The monoisotopic (exact) mass is 838 g/mol. The highest BCUT2D eigenvalue weighted by molar-refractivity contribution is 7.20. The summed E-state index contributed by atoms with van der Waals surface area (Å²) in [6.07, 6.45) is 18.2. The Morgan fingerprint density at radius 2 is 1.24 bits per heavy atom. The first-order valence-corrected chi connectivity index (χ1v) is 24.3. The van der Waals surface area contributed by atoms with Crippen LogP contribution in [-0.4, -0.2) is 68.0 Å². The fourth-order valence-corrected chi connectivity index (χ4v) is 13.5. The van der Waals surface area contributed by atoms with E-state index in [1.807, 2.05) is 46.1 Å². The molecule has 3 unspecified atom stereocenters. The SMILES string of the molecule is C1=C(c2cc3c(Nc4ccc5scnc5c4)ccnc3s2)C2CCCCN2CC1.c1cc(Nc2ccc3scnc3c2)c2cc(C3CCCN4CCCCC34)sc2n1. The van der Waals surface area contributed by atoms with Crippen LogP contribution in [0.15, 0.2) is 90.2 Å². The first-order chi connectivity index (χ1) is 28.7. The van der Waals surface area contributed by atoms with Gasteiger partial charge in [0.15, 0.2) is 0 Å². The van der Waals surface area contributed by atoms with Gasteiger partial charge in [-0.3, -0.25) is 9.80 Å². The number of thiophene rings is 2. The van der Waals surface area contributed by atoms with E-state index in [4.69, 9.17) is 4.98 Å². The molecule has 58 heavy (non-hydrogen) atoms. The Labute approximate surface area is 354 Å². The van der Waals surface area contributed by atoms with E-state index in [2.05, 4.69) is 102 Å². The van der Waals surface area contributed by atoms with Crippen LogP contribution in [0.3, 0.4) is 0 Å². The van der Waals surface area contributed by atoms with Crippen LogP contribution in [0, 0.1) is 0 Å². The van der Waals surface area contributed by atoms with E-state index in [0.717, 1.165) is 55.9 Å². The summed E-state index contributed by atoms with van der Waals surface area (Å²) >= 11 is 7.09. The molecule has 294 valence electrons. The van der Waals surface area contributed by atoms with Crippen molar-refractivity contribution in [1.29, 1.82) is 0 Å². The summed E-state index contributed by atoms with van der Waals surface area (Å²) in [5, 5.41) is 9.68. The maximum Gasteiger partial charge on any atom is 0.125 e. The number of thiazole rings is 2. The molecule has 0 aliphatic carbocycles. The fraction of sp³-hybridized carbons (Fsp3) is 0.348. The molecule has 12 heteroatoms. The van der Waals surface area contributed by atoms with Crippen LogP contribution in [0.2, 0.25) is 0 Å². The number of fused-ring (bicyclic) bond motifs is 6. The quantitative estimate of drug-likeness (QED) is 0.171. The van der Waals surface area contributed by atoms with Crippen molar-refractivity contribution in [3.05, 3.63) is 99.9 Å². The van der Waals surface area contributed by atoms with Crippen LogP contribution in [-0.2, 0) is 0 Å². The minimum Gasteiger partial charge on any atom is -0.355 e. The standard InChI is InChI=1S/C23H24N4S2.C23H22N4S2/c2*1-2-10-27-11-3-4-16(20(27)5-1)22-13-17-18(8-9-24-23(17)29-22)26-15-6-7-21-19(12-15)25-14-28-21/h6-9,12-14,16,20H,1-5,10-11H2,(H,24,26);4,6-9,12-14,20H,1-3,5,10-11H2,(H,24,26). The molecule has 0 spiro atoms. The van der Waals surface area contributed by atoms with Gasteiger partial charge in [0, 0.05) is 68.8 Å². The number of nitrogens with one attached hydrogen (secondary N) is 2. The van der Waals surface area contributed by atoms with Crippen molar-refractivity contribution in [2.24, 2.45) is 0 Å². The molecule has 8 nitrogen and oxygen atoms in total. The summed E-state index contributed by atoms with van der Waals surface area (Å²) in [5.41, 5.74) is 11.8. The van der Waals surface area contributed by atoms with Gasteiger partial charge in [-0.25, -0.2) is 19.9 Å². The molecule has 4 aliphatic heterocycles. The maximum absolute atomic E-state index is 4.70. The normalized spacial score (nSPS) is 21.4. The van der Waals surface area contributed by atoms with Crippen LogP contribution in [0.5, 0.6) is 0 Å². The molecule has 8 aromatic rings. The highest BCUT2D eigenvalue weighted by Crippen LogP contribution is 2.44. The van der Waals surface area contributed by atoms with Gasteiger partial charge in [0.05, 0.1) is 42.8 Å². The minimum atomic E-state index is 0.592. The highest BCUT2D eigenvalue weighted by atomic mass is 32.1. The number of piperidine rings is 3. The molecule has 3 saturated heterocycles. The Kier molecular flexibility index (Phi) is 10.2. The van der Waals surface area contributed by atoms with Gasteiger partial charge in [0.25, 0.3) is 0 Å². The molecule has 0 radical (unpaired) electrons. The third-order valence-electron chi connectivity index (χ3n) is 12.6. The first kappa shape index (κ1) is 36.8. The fourth-order valence-electron chi connectivity index (χ4n) is 9.81. The van der Waals surface area contributed by atoms with E-state index in [0.29, 0.717) is 12.0 Å². The average molecular weight is 839 g/mol. The summed E-state index contributed by atoms with van der Waals surface area (Å²) in [6, 6.07) is 23.1. The number of rotatable bonds is 6. The summed E-state index contributed by atoms with van der Waals surface area (Å²) in [5.74, 6) is 0.669. The smallest absolute Gasteiger partial charge is 0.125 e. The second-order valence-electron chi connectivity index (χ2n) is 16.1. The Bertz CT molecular complexity index is 2760. The molecule has 0 saturated carbocycles. The molecule has 0 bridgehead atoms. The van der Waals surface area contributed by atoms with E-state index < -0.39 is 0 Å². The Morgan fingerprint density at radius 1 is 0.586 bits per heavy atom. The lowest BCUT2D eigenvalue weighted by molar-refractivity contribution is 0.0905. The van der Waals surface area contributed by atoms with Crippen molar-refractivity contribution in [3.8, 4) is 0 Å². The van der Waals surface area contributed by atoms with E-state index >= 15 is 0 Å². The van der Waals surface area contributed by atoms with Crippen LogP contribution in [0.1, 0.15) is 73.5 Å². The summed E-state index contributed by atoms with van der Waals surface area (Å²) < 4.78 is 2.44. The predicted molar refractivity (Wildman–Crippen MR) is 248 cm³/mol. The molecule has 3 atom stereocenters. The number of aromatic nitrogens is 4. The number of hydrogen-bond acceptors (Lipinski definition) is 12. The summed E-state index contributed by atoms with van der Waals surface area (Å²) in [4.78, 5) is 28.8.